The van der Waals surface area contributed by atoms with E-state index in [1.165, 1.54) is 76.2 Å². The van der Waals surface area contributed by atoms with Crippen molar-refractivity contribution in [3.63, 3.8) is 0 Å². The molecule has 23 heavy (non-hydrogen) atoms. The normalized spacial score (nSPS) is 31.9. The van der Waals surface area contributed by atoms with Crippen molar-refractivity contribution in [2.24, 2.45) is 17.8 Å². The molecule has 1 aromatic rings. The molecule has 128 valence electrons. The van der Waals surface area contributed by atoms with Crippen LogP contribution in [0.5, 0.6) is 0 Å². The minimum absolute atomic E-state index is 0.782. The summed E-state index contributed by atoms with van der Waals surface area (Å²) >= 11 is 6.02. The van der Waals surface area contributed by atoms with Crippen LogP contribution in [0.4, 0.5) is 0 Å². The second-order valence-corrected chi connectivity index (χ2v) is 8.52. The third-order valence-corrected chi connectivity index (χ3v) is 6.89. The zero-order valence-corrected chi connectivity index (χ0v) is 15.5. The van der Waals surface area contributed by atoms with E-state index >= 15 is 0 Å². The molecule has 1 aromatic carbocycles. The Morgan fingerprint density at radius 1 is 0.826 bits per heavy atom. The van der Waals surface area contributed by atoms with E-state index in [-0.39, 0.29) is 0 Å². The summed E-state index contributed by atoms with van der Waals surface area (Å²) < 4.78 is 0. The number of hydrogen-bond donors (Lipinski definition) is 0. The van der Waals surface area contributed by atoms with E-state index in [9.17, 15) is 0 Å². The van der Waals surface area contributed by atoms with Crippen LogP contribution in [0.2, 0.25) is 5.02 Å². The Morgan fingerprint density at radius 2 is 1.39 bits per heavy atom. The van der Waals surface area contributed by atoms with Crippen molar-refractivity contribution in [2.45, 2.75) is 83.5 Å². The molecule has 0 spiro atoms. The monoisotopic (exact) mass is 332 g/mol. The standard InChI is InChI=1S/C22H33Cl/c1-2-3-4-17-5-7-18(8-6-17)19-9-11-20(12-10-19)21-13-15-22(23)16-14-21/h13-20H,2-12H2,1H3/t17-,18-,19-,20-. The van der Waals surface area contributed by atoms with Gasteiger partial charge in [-0.05, 0) is 79.9 Å². The molecule has 2 fully saturated rings. The SMILES string of the molecule is CCCC[C@H]1CC[C@H]([C@H]2CC[C@H](c3ccc(Cl)cc3)CC2)CC1. The van der Waals surface area contributed by atoms with Gasteiger partial charge in [-0.15, -0.1) is 0 Å². The van der Waals surface area contributed by atoms with Crippen LogP contribution in [0.3, 0.4) is 0 Å². The van der Waals surface area contributed by atoms with Gasteiger partial charge in [0.25, 0.3) is 0 Å². The van der Waals surface area contributed by atoms with Gasteiger partial charge < -0.3 is 0 Å². The summed E-state index contributed by atoms with van der Waals surface area (Å²) in [5, 5.41) is 0.863. The molecular formula is C22H33Cl. The van der Waals surface area contributed by atoms with Crippen LogP contribution in [-0.4, -0.2) is 0 Å². The van der Waals surface area contributed by atoms with E-state index in [2.05, 4.69) is 31.2 Å². The van der Waals surface area contributed by atoms with E-state index in [1.54, 1.807) is 0 Å². The fraction of sp³-hybridized carbons (Fsp3) is 0.727. The number of halogens is 1. The maximum atomic E-state index is 6.02. The van der Waals surface area contributed by atoms with Gasteiger partial charge in [-0.25, -0.2) is 0 Å². The second kappa shape index (κ2) is 8.56. The molecule has 0 aliphatic heterocycles. The fourth-order valence-electron chi connectivity index (χ4n) is 5.10. The number of benzene rings is 1. The minimum atomic E-state index is 0.782. The Labute approximate surface area is 148 Å². The van der Waals surface area contributed by atoms with E-state index in [4.69, 9.17) is 11.6 Å². The Bertz CT molecular complexity index is 447. The molecule has 2 aliphatic rings. The zero-order chi connectivity index (χ0) is 16.1. The van der Waals surface area contributed by atoms with Gasteiger partial charge in [0.05, 0.1) is 0 Å². The molecule has 0 amide bonds. The number of rotatable bonds is 5. The van der Waals surface area contributed by atoms with Gasteiger partial charge >= 0.3 is 0 Å². The highest BCUT2D eigenvalue weighted by atomic mass is 35.5. The Balaban J connectivity index is 1.43. The highest BCUT2D eigenvalue weighted by Crippen LogP contribution is 2.44. The summed E-state index contributed by atoms with van der Waals surface area (Å²) in [6.45, 7) is 2.32. The van der Waals surface area contributed by atoms with Crippen LogP contribution >= 0.6 is 11.6 Å². The van der Waals surface area contributed by atoms with Gasteiger partial charge in [0.2, 0.25) is 0 Å². The van der Waals surface area contributed by atoms with Crippen molar-refractivity contribution in [1.29, 1.82) is 0 Å². The summed E-state index contributed by atoms with van der Waals surface area (Å²) in [4.78, 5) is 0. The third kappa shape index (κ3) is 4.75. The van der Waals surface area contributed by atoms with Crippen molar-refractivity contribution in [2.75, 3.05) is 0 Å². The maximum absolute atomic E-state index is 6.02. The first-order valence-corrected chi connectivity index (χ1v) is 10.4. The lowest BCUT2D eigenvalue weighted by Gasteiger charge is -2.38. The van der Waals surface area contributed by atoms with Crippen molar-refractivity contribution in [3.05, 3.63) is 34.9 Å². The molecule has 0 unspecified atom stereocenters. The van der Waals surface area contributed by atoms with Gasteiger partial charge in [-0.2, -0.15) is 0 Å². The van der Waals surface area contributed by atoms with Crippen molar-refractivity contribution >= 4 is 11.6 Å². The van der Waals surface area contributed by atoms with Crippen LogP contribution in [0.1, 0.15) is 89.0 Å². The number of hydrogen-bond acceptors (Lipinski definition) is 0. The van der Waals surface area contributed by atoms with Crippen LogP contribution in [-0.2, 0) is 0 Å². The molecule has 0 heterocycles. The molecule has 0 saturated heterocycles. The Morgan fingerprint density at radius 3 is 1.96 bits per heavy atom. The van der Waals surface area contributed by atoms with E-state index in [1.807, 2.05) is 0 Å². The zero-order valence-electron chi connectivity index (χ0n) is 14.8. The molecule has 1 heteroatoms. The first-order chi connectivity index (χ1) is 11.3. The van der Waals surface area contributed by atoms with E-state index in [0.717, 1.165) is 28.7 Å². The molecule has 0 bridgehead atoms. The van der Waals surface area contributed by atoms with Crippen molar-refractivity contribution in [3.8, 4) is 0 Å². The first-order valence-electron chi connectivity index (χ1n) is 10.0. The lowest BCUT2D eigenvalue weighted by Crippen LogP contribution is -2.25. The average Bonchev–Trinajstić information content (AvgIpc) is 2.61. The Kier molecular flexibility index (Phi) is 6.45. The average molecular weight is 333 g/mol. The highest BCUT2D eigenvalue weighted by molar-refractivity contribution is 6.30. The summed E-state index contributed by atoms with van der Waals surface area (Å²) in [6.07, 6.45) is 16.1. The lowest BCUT2D eigenvalue weighted by molar-refractivity contribution is 0.156. The van der Waals surface area contributed by atoms with Crippen LogP contribution in [0, 0.1) is 17.8 Å². The summed E-state index contributed by atoms with van der Waals surface area (Å²) in [5.41, 5.74) is 1.51. The molecule has 0 nitrogen and oxygen atoms in total. The first kappa shape index (κ1) is 17.3. The van der Waals surface area contributed by atoms with Gasteiger partial charge in [-0.3, -0.25) is 0 Å². The second-order valence-electron chi connectivity index (χ2n) is 8.09. The lowest BCUT2D eigenvalue weighted by atomic mass is 9.68. The predicted octanol–water partition coefficient (Wildman–Crippen LogP) is 7.61. The Hall–Kier alpha value is -0.490. The van der Waals surface area contributed by atoms with Gasteiger partial charge in [0.15, 0.2) is 0 Å². The molecule has 2 saturated carbocycles. The smallest absolute Gasteiger partial charge is 0.0406 e. The molecule has 2 aliphatic carbocycles. The topological polar surface area (TPSA) is 0 Å². The molecule has 0 atom stereocenters. The maximum Gasteiger partial charge on any atom is 0.0406 e. The molecule has 3 rings (SSSR count). The van der Waals surface area contributed by atoms with Gasteiger partial charge in [0.1, 0.15) is 0 Å². The van der Waals surface area contributed by atoms with Crippen molar-refractivity contribution in [1.82, 2.24) is 0 Å². The van der Waals surface area contributed by atoms with E-state index in [0.29, 0.717) is 0 Å². The summed E-state index contributed by atoms with van der Waals surface area (Å²) in [7, 11) is 0. The summed E-state index contributed by atoms with van der Waals surface area (Å²) in [6, 6.07) is 8.60. The quantitative estimate of drug-likeness (QED) is 0.520. The molecule has 0 radical (unpaired) electrons. The van der Waals surface area contributed by atoms with Crippen LogP contribution < -0.4 is 0 Å². The third-order valence-electron chi connectivity index (χ3n) is 6.64. The molecular weight excluding hydrogens is 300 g/mol. The summed E-state index contributed by atoms with van der Waals surface area (Å²) in [5.74, 6) is 3.89. The van der Waals surface area contributed by atoms with Crippen molar-refractivity contribution < 1.29 is 0 Å². The van der Waals surface area contributed by atoms with E-state index < -0.39 is 0 Å². The molecule has 0 N–H and O–H groups in total. The predicted molar refractivity (Wildman–Crippen MR) is 101 cm³/mol. The minimum Gasteiger partial charge on any atom is -0.0843 e. The number of unbranched alkanes of at least 4 members (excludes halogenated alkanes) is 1. The highest BCUT2D eigenvalue weighted by Gasteiger charge is 2.31. The van der Waals surface area contributed by atoms with Crippen LogP contribution in [0.25, 0.3) is 0 Å². The fourth-order valence-corrected chi connectivity index (χ4v) is 5.23. The van der Waals surface area contributed by atoms with Crippen LogP contribution in [0.15, 0.2) is 24.3 Å². The largest absolute Gasteiger partial charge is 0.0843 e. The van der Waals surface area contributed by atoms with Gasteiger partial charge in [-0.1, -0.05) is 62.8 Å². The van der Waals surface area contributed by atoms with Gasteiger partial charge in [0, 0.05) is 5.02 Å². The molecule has 0 aromatic heterocycles.